The third-order valence-corrected chi connectivity index (χ3v) is 4.80. The van der Waals surface area contributed by atoms with Gasteiger partial charge in [0.25, 0.3) is 5.91 Å². The average molecular weight is 368 g/mol. The first-order chi connectivity index (χ1) is 12.0. The Balaban J connectivity index is 2.19. The molecule has 0 aliphatic rings. The van der Waals surface area contributed by atoms with E-state index >= 15 is 0 Å². The number of nitrogens with one attached hydrogen (secondary N) is 2. The third kappa shape index (κ3) is 5.05. The van der Waals surface area contributed by atoms with Crippen LogP contribution in [0.1, 0.15) is 16.1 Å². The van der Waals surface area contributed by atoms with Crippen LogP contribution in [0, 0.1) is 0 Å². The number of carbonyl (C=O) groups excluding carboxylic acids is 1. The maximum Gasteiger partial charge on any atom is 0.251 e. The second-order valence-electron chi connectivity index (χ2n) is 5.02. The summed E-state index contributed by atoms with van der Waals surface area (Å²) in [7, 11) is -1.01. The summed E-state index contributed by atoms with van der Waals surface area (Å²) in [6.07, 6.45) is 1.51. The number of rotatable bonds is 9. The first-order valence-corrected chi connectivity index (χ1v) is 8.93. The minimum atomic E-state index is -3.84. The molecule has 1 aromatic heterocycles. The van der Waals surface area contributed by atoms with E-state index in [1.54, 1.807) is 12.1 Å². The molecule has 2 rings (SSSR count). The molecular weight excluding hydrogens is 348 g/mol. The highest BCUT2D eigenvalue weighted by molar-refractivity contribution is 7.89. The molecule has 9 heteroatoms. The molecule has 0 aliphatic heterocycles. The fourth-order valence-electron chi connectivity index (χ4n) is 2.07. The summed E-state index contributed by atoms with van der Waals surface area (Å²) in [5.74, 6) is 0.316. The Morgan fingerprint density at radius 2 is 2.04 bits per heavy atom. The summed E-state index contributed by atoms with van der Waals surface area (Å²) in [6.45, 7) is 0.536. The van der Waals surface area contributed by atoms with Crippen molar-refractivity contribution in [2.24, 2.45) is 0 Å². The lowest BCUT2D eigenvalue weighted by atomic mass is 10.2. The second-order valence-corrected chi connectivity index (χ2v) is 6.75. The van der Waals surface area contributed by atoms with Crippen LogP contribution in [0.3, 0.4) is 0 Å². The molecule has 8 nitrogen and oxygen atoms in total. The van der Waals surface area contributed by atoms with Crippen LogP contribution < -0.4 is 14.8 Å². The summed E-state index contributed by atoms with van der Waals surface area (Å²) in [5, 5.41) is 2.66. The summed E-state index contributed by atoms with van der Waals surface area (Å²) in [4.78, 5) is 12.1. The molecule has 0 unspecified atom stereocenters. The molecule has 2 N–H and O–H groups in total. The maximum absolute atomic E-state index is 12.4. The van der Waals surface area contributed by atoms with Gasteiger partial charge in [-0.15, -0.1) is 0 Å². The quantitative estimate of drug-likeness (QED) is 0.643. The number of methoxy groups -OCH3 is 2. The molecule has 1 amide bonds. The van der Waals surface area contributed by atoms with Crippen molar-refractivity contribution >= 4 is 15.9 Å². The average Bonchev–Trinajstić information content (AvgIpc) is 3.12. The van der Waals surface area contributed by atoms with Crippen LogP contribution in [-0.2, 0) is 21.3 Å². The van der Waals surface area contributed by atoms with Crippen molar-refractivity contribution in [1.29, 1.82) is 0 Å². The molecule has 0 saturated carbocycles. The summed E-state index contributed by atoms with van der Waals surface area (Å²) < 4.78 is 42.3. The van der Waals surface area contributed by atoms with Crippen molar-refractivity contribution in [2.45, 2.75) is 11.4 Å². The van der Waals surface area contributed by atoms with Gasteiger partial charge in [-0.05, 0) is 30.3 Å². The second kappa shape index (κ2) is 8.65. The maximum atomic E-state index is 12.4. The van der Waals surface area contributed by atoms with Crippen LogP contribution in [-0.4, -0.2) is 41.7 Å². The molecule has 0 saturated heterocycles. The van der Waals surface area contributed by atoms with Gasteiger partial charge in [0.2, 0.25) is 10.0 Å². The fraction of sp³-hybridized carbons (Fsp3) is 0.312. The molecule has 0 fully saturated rings. The van der Waals surface area contributed by atoms with E-state index < -0.39 is 15.9 Å². The summed E-state index contributed by atoms with van der Waals surface area (Å²) in [5.41, 5.74) is 0.194. The molecule has 2 aromatic rings. The summed E-state index contributed by atoms with van der Waals surface area (Å²) in [6, 6.07) is 7.64. The van der Waals surface area contributed by atoms with Gasteiger partial charge in [0.15, 0.2) is 0 Å². The zero-order valence-corrected chi connectivity index (χ0v) is 14.8. The smallest absolute Gasteiger partial charge is 0.251 e. The van der Waals surface area contributed by atoms with E-state index in [1.165, 1.54) is 38.7 Å². The van der Waals surface area contributed by atoms with Gasteiger partial charge in [0, 0.05) is 19.2 Å². The van der Waals surface area contributed by atoms with Gasteiger partial charge < -0.3 is 19.2 Å². The normalized spacial score (nSPS) is 11.3. The van der Waals surface area contributed by atoms with Crippen LogP contribution in [0.25, 0.3) is 0 Å². The van der Waals surface area contributed by atoms with Gasteiger partial charge >= 0.3 is 0 Å². The first kappa shape index (κ1) is 19.0. The predicted octanol–water partition coefficient (Wildman–Crippen LogP) is 1.14. The van der Waals surface area contributed by atoms with Crippen LogP contribution in [0.5, 0.6) is 5.75 Å². The van der Waals surface area contributed by atoms with Gasteiger partial charge in [-0.3, -0.25) is 4.79 Å². The fourth-order valence-corrected chi connectivity index (χ4v) is 3.27. The van der Waals surface area contributed by atoms with Crippen LogP contribution in [0.4, 0.5) is 0 Å². The number of furan rings is 1. The van der Waals surface area contributed by atoms with Crippen molar-refractivity contribution < 1.29 is 27.1 Å². The largest absolute Gasteiger partial charge is 0.495 e. The highest BCUT2D eigenvalue weighted by Gasteiger charge is 2.21. The van der Waals surface area contributed by atoms with E-state index in [-0.39, 0.29) is 35.9 Å². The number of carbonyl (C=O) groups is 1. The number of ether oxygens (including phenoxy) is 2. The van der Waals surface area contributed by atoms with Gasteiger partial charge in [0.05, 0.1) is 26.5 Å². The summed E-state index contributed by atoms with van der Waals surface area (Å²) >= 11 is 0. The van der Waals surface area contributed by atoms with Gasteiger partial charge in [0.1, 0.15) is 16.4 Å². The van der Waals surface area contributed by atoms with E-state index in [0.29, 0.717) is 5.76 Å². The van der Waals surface area contributed by atoms with Crippen LogP contribution >= 0.6 is 0 Å². The molecule has 136 valence electrons. The number of benzene rings is 1. The Labute approximate surface area is 146 Å². The van der Waals surface area contributed by atoms with E-state index in [4.69, 9.17) is 13.9 Å². The molecular formula is C16H20N2O6S. The molecule has 0 atom stereocenters. The van der Waals surface area contributed by atoms with Gasteiger partial charge in [-0.2, -0.15) is 0 Å². The number of amides is 1. The minimum Gasteiger partial charge on any atom is -0.495 e. The molecule has 0 spiro atoms. The molecule has 0 radical (unpaired) electrons. The van der Waals surface area contributed by atoms with Gasteiger partial charge in [-0.25, -0.2) is 13.1 Å². The SMILES string of the molecule is COCCNS(=O)(=O)c1cc(C(=O)NCc2ccco2)ccc1OC. The zero-order valence-electron chi connectivity index (χ0n) is 13.9. The van der Waals surface area contributed by atoms with Crippen LogP contribution in [0.2, 0.25) is 0 Å². The number of sulfonamides is 1. The van der Waals surface area contributed by atoms with Crippen LogP contribution in [0.15, 0.2) is 45.9 Å². The topological polar surface area (TPSA) is 107 Å². The highest BCUT2D eigenvalue weighted by atomic mass is 32.2. The zero-order chi connectivity index (χ0) is 18.3. The van der Waals surface area contributed by atoms with Crippen molar-refractivity contribution in [3.05, 3.63) is 47.9 Å². The standard InChI is InChI=1S/C16H20N2O6S/c1-22-9-7-18-25(20,21)15-10-12(5-6-14(15)23-2)16(19)17-11-13-4-3-8-24-13/h3-6,8,10,18H,7,9,11H2,1-2H3,(H,17,19). The lowest BCUT2D eigenvalue weighted by Crippen LogP contribution is -2.28. The first-order valence-electron chi connectivity index (χ1n) is 7.45. The van der Waals surface area contributed by atoms with Crippen molar-refractivity contribution in [3.63, 3.8) is 0 Å². The number of hydrogen-bond donors (Lipinski definition) is 2. The van der Waals surface area contributed by atoms with E-state index in [2.05, 4.69) is 10.0 Å². The lowest BCUT2D eigenvalue weighted by molar-refractivity contribution is 0.0947. The molecule has 25 heavy (non-hydrogen) atoms. The lowest BCUT2D eigenvalue weighted by Gasteiger charge is -2.12. The van der Waals surface area contributed by atoms with E-state index in [0.717, 1.165) is 0 Å². The number of hydrogen-bond acceptors (Lipinski definition) is 6. The molecule has 1 heterocycles. The highest BCUT2D eigenvalue weighted by Crippen LogP contribution is 2.24. The molecule has 0 bridgehead atoms. The van der Waals surface area contributed by atoms with E-state index in [9.17, 15) is 13.2 Å². The predicted molar refractivity (Wildman–Crippen MR) is 89.9 cm³/mol. The van der Waals surface area contributed by atoms with Gasteiger partial charge in [-0.1, -0.05) is 0 Å². The Morgan fingerprint density at radius 3 is 2.68 bits per heavy atom. The minimum absolute atomic E-state index is 0.108. The van der Waals surface area contributed by atoms with Crippen molar-refractivity contribution in [3.8, 4) is 5.75 Å². The molecule has 0 aliphatic carbocycles. The third-order valence-electron chi connectivity index (χ3n) is 3.32. The molecule has 1 aromatic carbocycles. The Kier molecular flexibility index (Phi) is 6.57. The monoisotopic (exact) mass is 368 g/mol. The Bertz CT molecular complexity index is 802. The van der Waals surface area contributed by atoms with Crippen molar-refractivity contribution in [1.82, 2.24) is 10.0 Å². The van der Waals surface area contributed by atoms with Crippen molar-refractivity contribution in [2.75, 3.05) is 27.4 Å². The van der Waals surface area contributed by atoms with E-state index in [1.807, 2.05) is 0 Å². The Hall–Kier alpha value is -2.36. The Morgan fingerprint density at radius 1 is 1.24 bits per heavy atom.